The van der Waals surface area contributed by atoms with E-state index >= 15 is 0 Å². The zero-order valence-electron chi connectivity index (χ0n) is 20.8. The number of allylic oxidation sites excluding steroid dienone is 3. The van der Waals surface area contributed by atoms with Crippen LogP contribution in [0.15, 0.2) is 64.6 Å². The Labute approximate surface area is 214 Å². The highest BCUT2D eigenvalue weighted by atomic mass is 35.5. The summed E-state index contributed by atoms with van der Waals surface area (Å²) < 4.78 is 15.8. The number of fused-ring (bicyclic) bond motifs is 1. The van der Waals surface area contributed by atoms with Gasteiger partial charge in [0.25, 0.3) is 5.91 Å². The Balaban J connectivity index is 2.08. The molecule has 1 aromatic heterocycles. The molecule has 1 heterocycles. The molecule has 0 fully saturated rings. The SMILES string of the molecule is C/C(=C/C(C)=C(\C)CNC(=O)c1cc(-c2ccc(F)c(N=O)c2)cc2c1c(Cl)cn2C(C)C)NC=O. The summed E-state index contributed by atoms with van der Waals surface area (Å²) in [6.45, 7) is 9.83. The lowest BCUT2D eigenvalue weighted by atomic mass is 9.99. The van der Waals surface area contributed by atoms with Crippen molar-refractivity contribution >= 4 is 40.5 Å². The molecule has 188 valence electrons. The molecule has 0 spiro atoms. The van der Waals surface area contributed by atoms with Crippen LogP contribution in [-0.2, 0) is 4.79 Å². The molecule has 36 heavy (non-hydrogen) atoms. The molecule has 0 aliphatic rings. The van der Waals surface area contributed by atoms with Gasteiger partial charge in [-0.25, -0.2) is 4.39 Å². The molecule has 3 aromatic rings. The maximum atomic E-state index is 13.9. The standard InChI is InChI=1S/C27H28ClFN4O3/c1-15(2)33-13-22(28)26-21(27(35)30-12-17(4)16(3)8-18(5)31-14-34)9-20(11-25(26)33)19-6-7-23(29)24(10-19)32-36/h6-11,13-15H,12H2,1-5H3,(H,30,35)(H,31,34)/b17-16+,18-8-. The number of halogens is 2. The van der Waals surface area contributed by atoms with Crippen LogP contribution in [0, 0.1) is 10.7 Å². The molecule has 9 heteroatoms. The first-order valence-electron chi connectivity index (χ1n) is 11.4. The molecule has 0 aliphatic carbocycles. The number of nitrogens with zero attached hydrogens (tertiary/aromatic N) is 2. The molecule has 0 bridgehead atoms. The van der Waals surface area contributed by atoms with Crippen molar-refractivity contribution in [2.45, 2.75) is 40.7 Å². The number of benzene rings is 2. The highest BCUT2D eigenvalue weighted by molar-refractivity contribution is 6.37. The van der Waals surface area contributed by atoms with Crippen LogP contribution in [0.5, 0.6) is 0 Å². The van der Waals surface area contributed by atoms with Gasteiger partial charge in [-0.05, 0) is 86.8 Å². The number of carbonyl (C=O) groups excluding carboxylic acids is 2. The van der Waals surface area contributed by atoms with Crippen LogP contribution in [0.3, 0.4) is 0 Å². The minimum absolute atomic E-state index is 0.0643. The van der Waals surface area contributed by atoms with Gasteiger partial charge in [-0.15, -0.1) is 4.91 Å². The highest BCUT2D eigenvalue weighted by Gasteiger charge is 2.20. The number of nitroso groups, excluding NO2 is 1. The van der Waals surface area contributed by atoms with Crippen LogP contribution in [0.1, 0.15) is 51.0 Å². The summed E-state index contributed by atoms with van der Waals surface area (Å²) in [6, 6.07) is 7.68. The van der Waals surface area contributed by atoms with E-state index in [-0.39, 0.29) is 24.2 Å². The largest absolute Gasteiger partial charge is 0.348 e. The number of amides is 2. The third-order valence-electron chi connectivity index (χ3n) is 5.97. The van der Waals surface area contributed by atoms with E-state index < -0.39 is 5.82 Å². The van der Waals surface area contributed by atoms with E-state index in [0.717, 1.165) is 16.7 Å². The van der Waals surface area contributed by atoms with E-state index in [1.165, 1.54) is 18.2 Å². The molecule has 3 rings (SSSR count). The summed E-state index contributed by atoms with van der Waals surface area (Å²) in [5.74, 6) is -1.05. The van der Waals surface area contributed by atoms with Crippen molar-refractivity contribution in [1.29, 1.82) is 0 Å². The molecule has 0 saturated heterocycles. The molecule has 2 amide bonds. The summed E-state index contributed by atoms with van der Waals surface area (Å²) >= 11 is 6.58. The van der Waals surface area contributed by atoms with Crippen molar-refractivity contribution in [3.8, 4) is 11.1 Å². The van der Waals surface area contributed by atoms with Crippen LogP contribution in [0.25, 0.3) is 22.0 Å². The van der Waals surface area contributed by atoms with E-state index in [9.17, 15) is 18.9 Å². The van der Waals surface area contributed by atoms with Gasteiger partial charge in [-0.2, -0.15) is 0 Å². The van der Waals surface area contributed by atoms with Crippen molar-refractivity contribution in [2.24, 2.45) is 5.18 Å². The summed E-state index contributed by atoms with van der Waals surface area (Å²) in [6.07, 6.45) is 4.21. The molecule has 0 atom stereocenters. The zero-order chi connectivity index (χ0) is 26.6. The van der Waals surface area contributed by atoms with Crippen LogP contribution >= 0.6 is 11.6 Å². The van der Waals surface area contributed by atoms with Crippen molar-refractivity contribution in [3.63, 3.8) is 0 Å². The van der Waals surface area contributed by atoms with Gasteiger partial charge in [-0.3, -0.25) is 9.59 Å². The maximum absolute atomic E-state index is 13.9. The average molecular weight is 511 g/mol. The Morgan fingerprint density at radius 2 is 1.89 bits per heavy atom. The van der Waals surface area contributed by atoms with Gasteiger partial charge in [0.05, 0.1) is 16.1 Å². The molecule has 0 unspecified atom stereocenters. The second kappa shape index (κ2) is 11.3. The Kier molecular flexibility index (Phi) is 8.42. The third kappa shape index (κ3) is 5.71. The lowest BCUT2D eigenvalue weighted by molar-refractivity contribution is -0.108. The number of rotatable bonds is 9. The van der Waals surface area contributed by atoms with Crippen LogP contribution in [-0.4, -0.2) is 23.4 Å². The van der Waals surface area contributed by atoms with Crippen molar-refractivity contribution in [3.05, 3.63) is 80.8 Å². The molecular weight excluding hydrogens is 483 g/mol. The number of hydrogen-bond acceptors (Lipinski definition) is 4. The normalized spacial score (nSPS) is 12.5. The van der Waals surface area contributed by atoms with Gasteiger partial charge in [0.1, 0.15) is 5.69 Å². The summed E-state index contributed by atoms with van der Waals surface area (Å²) in [7, 11) is 0. The first-order chi connectivity index (χ1) is 17.1. The predicted molar refractivity (Wildman–Crippen MR) is 142 cm³/mol. The van der Waals surface area contributed by atoms with Crippen molar-refractivity contribution in [1.82, 2.24) is 15.2 Å². The van der Waals surface area contributed by atoms with Crippen LogP contribution in [0.4, 0.5) is 10.1 Å². The second-order valence-corrected chi connectivity index (χ2v) is 9.30. The molecule has 7 nitrogen and oxygen atoms in total. The third-order valence-corrected chi connectivity index (χ3v) is 6.26. The van der Waals surface area contributed by atoms with Crippen LogP contribution in [0.2, 0.25) is 5.02 Å². The quantitative estimate of drug-likeness (QED) is 0.188. The fraction of sp³-hybridized carbons (Fsp3) is 0.259. The number of nitrogens with one attached hydrogen (secondary N) is 2. The van der Waals surface area contributed by atoms with Gasteiger partial charge < -0.3 is 15.2 Å². The fourth-order valence-electron chi connectivity index (χ4n) is 3.90. The summed E-state index contributed by atoms with van der Waals surface area (Å²) in [4.78, 5) is 35.1. The Morgan fingerprint density at radius 1 is 1.17 bits per heavy atom. The zero-order valence-corrected chi connectivity index (χ0v) is 21.5. The monoisotopic (exact) mass is 510 g/mol. The number of aromatic nitrogens is 1. The Morgan fingerprint density at radius 3 is 2.53 bits per heavy atom. The van der Waals surface area contributed by atoms with Gasteiger partial charge >= 0.3 is 0 Å². The average Bonchev–Trinajstić information content (AvgIpc) is 3.18. The van der Waals surface area contributed by atoms with E-state index in [1.807, 2.05) is 44.4 Å². The lowest BCUT2D eigenvalue weighted by Gasteiger charge is -2.14. The van der Waals surface area contributed by atoms with Crippen molar-refractivity contribution in [2.75, 3.05) is 6.54 Å². The minimum Gasteiger partial charge on any atom is -0.348 e. The van der Waals surface area contributed by atoms with Gasteiger partial charge in [-0.1, -0.05) is 23.2 Å². The smallest absolute Gasteiger partial charge is 0.252 e. The molecular formula is C27H28ClFN4O3. The van der Waals surface area contributed by atoms with Crippen LogP contribution < -0.4 is 10.6 Å². The van der Waals surface area contributed by atoms with Gasteiger partial charge in [0.2, 0.25) is 6.41 Å². The first kappa shape index (κ1) is 26.8. The van der Waals surface area contributed by atoms with E-state index in [2.05, 4.69) is 15.8 Å². The van der Waals surface area contributed by atoms with E-state index in [4.69, 9.17) is 11.6 Å². The second-order valence-electron chi connectivity index (χ2n) is 8.89. The van der Waals surface area contributed by atoms with E-state index in [1.54, 1.807) is 19.2 Å². The summed E-state index contributed by atoms with van der Waals surface area (Å²) in [5, 5.41) is 9.33. The predicted octanol–water partition coefficient (Wildman–Crippen LogP) is 6.80. The molecule has 2 N–H and O–H groups in total. The van der Waals surface area contributed by atoms with E-state index in [0.29, 0.717) is 39.2 Å². The maximum Gasteiger partial charge on any atom is 0.252 e. The lowest BCUT2D eigenvalue weighted by Crippen LogP contribution is -2.25. The van der Waals surface area contributed by atoms with Gasteiger partial charge in [0.15, 0.2) is 5.82 Å². The highest BCUT2D eigenvalue weighted by Crippen LogP contribution is 2.36. The Hall–Kier alpha value is -3.78. The Bertz CT molecular complexity index is 1410. The molecule has 2 aromatic carbocycles. The fourth-order valence-corrected chi connectivity index (χ4v) is 4.21. The summed E-state index contributed by atoms with van der Waals surface area (Å²) in [5.41, 5.74) is 4.47. The molecule has 0 radical (unpaired) electrons. The number of hydrogen-bond donors (Lipinski definition) is 2. The molecule has 0 aliphatic heterocycles. The topological polar surface area (TPSA) is 92.6 Å². The first-order valence-corrected chi connectivity index (χ1v) is 11.8. The molecule has 0 saturated carbocycles. The number of carbonyl (C=O) groups is 2. The van der Waals surface area contributed by atoms with Gasteiger partial charge in [0, 0.05) is 29.9 Å². The minimum atomic E-state index is -0.716. The van der Waals surface area contributed by atoms with Crippen molar-refractivity contribution < 1.29 is 14.0 Å².